The van der Waals surface area contributed by atoms with E-state index in [1.807, 2.05) is 0 Å². The van der Waals surface area contributed by atoms with Gasteiger partial charge in [-0.25, -0.2) is 0 Å². The van der Waals surface area contributed by atoms with E-state index in [1.165, 1.54) is 25.3 Å². The normalized spacial score (nSPS) is 11.7. The van der Waals surface area contributed by atoms with Gasteiger partial charge in [-0.2, -0.15) is 0 Å². The van der Waals surface area contributed by atoms with Crippen molar-refractivity contribution in [2.75, 3.05) is 0 Å². The second kappa shape index (κ2) is 11.7. The van der Waals surface area contributed by atoms with Crippen LogP contribution >= 0.6 is 0 Å². The maximum atomic E-state index is 11.7. The molecule has 0 amide bonds. The van der Waals surface area contributed by atoms with E-state index in [2.05, 4.69) is 6.92 Å². The molecule has 15 heavy (non-hydrogen) atoms. The second-order valence-corrected chi connectivity index (χ2v) is 3.61. The van der Waals surface area contributed by atoms with Crippen molar-refractivity contribution < 1.29 is 64.3 Å². The van der Waals surface area contributed by atoms with Gasteiger partial charge in [0.05, 0.1) is 0 Å². The van der Waals surface area contributed by atoms with E-state index in [1.54, 1.807) is 0 Å². The summed E-state index contributed by atoms with van der Waals surface area (Å²) in [5.74, 6) is 0.395. The maximum absolute atomic E-state index is 11.7. The van der Waals surface area contributed by atoms with E-state index in [4.69, 9.17) is 0 Å². The second-order valence-electron chi connectivity index (χ2n) is 3.61. The summed E-state index contributed by atoms with van der Waals surface area (Å²) in [5, 5.41) is 0. The minimum atomic E-state index is -4.71. The SMILES string of the molecule is CCCCCCCC/C=C/[B-](F)(F)F.[K+]. The Balaban J connectivity index is 0. The molecular weight excluding hydrogens is 227 g/mol. The number of rotatable bonds is 8. The fourth-order valence-electron chi connectivity index (χ4n) is 1.29. The third-order valence-electron chi connectivity index (χ3n) is 2.08. The smallest absolute Gasteiger partial charge is 0.445 e. The van der Waals surface area contributed by atoms with Crippen molar-refractivity contribution in [2.45, 2.75) is 51.9 Å². The van der Waals surface area contributed by atoms with Gasteiger partial charge in [-0.05, 0) is 12.8 Å². The molecule has 0 nitrogen and oxygen atoms in total. The van der Waals surface area contributed by atoms with Crippen LogP contribution in [0.4, 0.5) is 12.9 Å². The van der Waals surface area contributed by atoms with Crippen molar-refractivity contribution >= 4 is 6.98 Å². The van der Waals surface area contributed by atoms with Crippen LogP contribution in [0, 0.1) is 0 Å². The van der Waals surface area contributed by atoms with Crippen molar-refractivity contribution in [3.8, 4) is 0 Å². The molecule has 0 N–H and O–H groups in total. The van der Waals surface area contributed by atoms with Gasteiger partial charge in [0.15, 0.2) is 0 Å². The summed E-state index contributed by atoms with van der Waals surface area (Å²) in [6.45, 7) is -2.57. The summed E-state index contributed by atoms with van der Waals surface area (Å²) in [5.41, 5.74) is 0. The van der Waals surface area contributed by atoms with E-state index < -0.39 is 6.98 Å². The fraction of sp³-hybridized carbons (Fsp3) is 0.800. The molecule has 0 saturated heterocycles. The molecule has 0 fully saturated rings. The zero-order valence-corrected chi connectivity index (χ0v) is 12.9. The van der Waals surface area contributed by atoms with Gasteiger partial charge in [-0.3, -0.25) is 0 Å². The molecule has 84 valence electrons. The Labute approximate surface area is 134 Å². The Morgan fingerprint density at radius 2 is 1.47 bits per heavy atom. The molecule has 0 aromatic heterocycles. The van der Waals surface area contributed by atoms with Gasteiger partial charge in [-0.1, -0.05) is 39.0 Å². The summed E-state index contributed by atoms with van der Waals surface area (Å²) < 4.78 is 35.1. The fourth-order valence-corrected chi connectivity index (χ4v) is 1.29. The van der Waals surface area contributed by atoms with Crippen molar-refractivity contribution in [1.82, 2.24) is 0 Å². The number of hydrogen-bond donors (Lipinski definition) is 0. The summed E-state index contributed by atoms with van der Waals surface area (Å²) in [6.07, 6.45) is 8.55. The van der Waals surface area contributed by atoms with E-state index in [0.29, 0.717) is 12.4 Å². The van der Waals surface area contributed by atoms with E-state index in [0.717, 1.165) is 19.3 Å². The van der Waals surface area contributed by atoms with Gasteiger partial charge in [0, 0.05) is 0 Å². The molecule has 0 unspecified atom stereocenters. The molecule has 0 spiro atoms. The van der Waals surface area contributed by atoms with Crippen molar-refractivity contribution in [1.29, 1.82) is 0 Å². The topological polar surface area (TPSA) is 0 Å². The standard InChI is InChI=1S/C10H19BF3.K/c1-2-3-4-5-6-7-8-9-10-11(12,13)14;/h9-10H,2-8H2,1H3;/q-1;+1/b10-9+;. The van der Waals surface area contributed by atoms with Crippen LogP contribution in [0.3, 0.4) is 0 Å². The first-order valence-corrected chi connectivity index (χ1v) is 5.44. The number of allylic oxidation sites excluding steroid dienone is 1. The molecule has 5 heteroatoms. The molecule has 0 aliphatic rings. The van der Waals surface area contributed by atoms with Crippen LogP contribution < -0.4 is 51.4 Å². The Morgan fingerprint density at radius 1 is 0.933 bits per heavy atom. The van der Waals surface area contributed by atoms with Gasteiger partial charge >= 0.3 is 58.4 Å². The van der Waals surface area contributed by atoms with E-state index in [-0.39, 0.29) is 51.4 Å². The van der Waals surface area contributed by atoms with Gasteiger partial charge in [-0.15, -0.1) is 12.1 Å². The monoisotopic (exact) mass is 246 g/mol. The number of unbranched alkanes of at least 4 members (excludes halogenated alkanes) is 6. The summed E-state index contributed by atoms with van der Waals surface area (Å²) in [6, 6.07) is 0. The van der Waals surface area contributed by atoms with Crippen LogP contribution in [0.15, 0.2) is 12.1 Å². The Kier molecular flexibility index (Phi) is 14.5. The predicted octanol–water partition coefficient (Wildman–Crippen LogP) is 1.68. The minimum Gasteiger partial charge on any atom is -0.445 e. The Morgan fingerprint density at radius 3 is 2.00 bits per heavy atom. The molecule has 0 rings (SSSR count). The molecule has 0 heterocycles. The first-order valence-electron chi connectivity index (χ1n) is 5.44. The summed E-state index contributed by atoms with van der Waals surface area (Å²) in [7, 11) is 0. The molecule has 0 aliphatic heterocycles. The third kappa shape index (κ3) is 17.8. The molecule has 0 atom stereocenters. The molecule has 0 aliphatic carbocycles. The van der Waals surface area contributed by atoms with Gasteiger partial charge < -0.3 is 12.9 Å². The van der Waals surface area contributed by atoms with Crippen LogP contribution in [0.2, 0.25) is 0 Å². The van der Waals surface area contributed by atoms with Crippen molar-refractivity contribution in [3.63, 3.8) is 0 Å². The van der Waals surface area contributed by atoms with Crippen LogP contribution in [-0.4, -0.2) is 6.98 Å². The van der Waals surface area contributed by atoms with Gasteiger partial charge in [0.1, 0.15) is 0 Å². The van der Waals surface area contributed by atoms with Crippen molar-refractivity contribution in [2.24, 2.45) is 0 Å². The summed E-state index contributed by atoms with van der Waals surface area (Å²) >= 11 is 0. The first kappa shape index (κ1) is 18.6. The van der Waals surface area contributed by atoms with Crippen molar-refractivity contribution in [3.05, 3.63) is 12.1 Å². The zero-order chi connectivity index (χ0) is 10.9. The van der Waals surface area contributed by atoms with Crippen LogP contribution in [0.1, 0.15) is 51.9 Å². The molecule has 0 bridgehead atoms. The van der Waals surface area contributed by atoms with E-state index >= 15 is 0 Å². The minimum absolute atomic E-state index is 0. The zero-order valence-electron chi connectivity index (χ0n) is 9.82. The van der Waals surface area contributed by atoms with E-state index in [9.17, 15) is 12.9 Å². The molecule has 0 aromatic rings. The maximum Gasteiger partial charge on any atom is 1.00 e. The first-order chi connectivity index (χ1) is 6.56. The van der Waals surface area contributed by atoms with Crippen LogP contribution in [0.25, 0.3) is 0 Å². The number of hydrogen-bond acceptors (Lipinski definition) is 0. The molecule has 0 radical (unpaired) electrons. The average Bonchev–Trinajstić information content (AvgIpc) is 2.08. The number of halogens is 3. The largest absolute Gasteiger partial charge is 1.00 e. The third-order valence-corrected chi connectivity index (χ3v) is 2.08. The van der Waals surface area contributed by atoms with Gasteiger partial charge in [0.25, 0.3) is 0 Å². The van der Waals surface area contributed by atoms with Crippen LogP contribution in [-0.2, 0) is 0 Å². The molecular formula is C10H19BF3K. The quantitative estimate of drug-likeness (QED) is 0.451. The Bertz CT molecular complexity index is 157. The molecule has 0 saturated carbocycles. The predicted molar refractivity (Wildman–Crippen MR) is 56.2 cm³/mol. The summed E-state index contributed by atoms with van der Waals surface area (Å²) in [4.78, 5) is 0. The Hall–Kier alpha value is 1.23. The average molecular weight is 246 g/mol. The van der Waals surface area contributed by atoms with Gasteiger partial charge in [0.2, 0.25) is 0 Å². The van der Waals surface area contributed by atoms with Crippen LogP contribution in [0.5, 0.6) is 0 Å². The molecule has 0 aromatic carbocycles.